The van der Waals surface area contributed by atoms with Gasteiger partial charge < -0.3 is 14.8 Å². The zero-order valence-corrected chi connectivity index (χ0v) is 19.5. The second-order valence-electron chi connectivity index (χ2n) is 9.29. The third kappa shape index (κ3) is 11.7. The number of Topliss-reactive ketones (excluding diaryl/α,β-unsaturated/α-hetero) is 1. The fourth-order valence-electron chi connectivity index (χ4n) is 4.06. The van der Waals surface area contributed by atoms with Crippen LogP contribution in [0.3, 0.4) is 0 Å². The van der Waals surface area contributed by atoms with Gasteiger partial charge in [-0.2, -0.15) is 0 Å². The Bertz CT molecular complexity index is 456. The van der Waals surface area contributed by atoms with Crippen molar-refractivity contribution in [1.29, 1.82) is 0 Å². The molecule has 2 saturated carbocycles. The van der Waals surface area contributed by atoms with Crippen molar-refractivity contribution in [1.82, 2.24) is 5.32 Å². The number of hydrogen-bond donors (Lipinski definition) is 1. The van der Waals surface area contributed by atoms with Gasteiger partial charge in [0.15, 0.2) is 0 Å². The van der Waals surface area contributed by atoms with Crippen LogP contribution in [0.2, 0.25) is 0 Å². The largest absolute Gasteiger partial charge is 0.382 e. The maximum Gasteiger partial charge on any atom is 0.222 e. The number of nitrogens with one attached hydrogen (secondary N) is 1. The summed E-state index contributed by atoms with van der Waals surface area (Å²) in [5.41, 5.74) is 0. The Balaban J connectivity index is 0.00000125. The predicted molar refractivity (Wildman–Crippen MR) is 120 cm³/mol. The monoisotopic (exact) mass is 413 g/mol. The lowest BCUT2D eigenvalue weighted by Crippen LogP contribution is -2.39. The standard InChI is InChI=1S/C20H35NO3.C4H10O.H2/c1-15(2)20(23)17-8-10-18(11-9-17)21-19(22)12-13-24-14-16-6-4-3-5-7-16;1-4(2)5-3;/h15-18H,3-14H2,1-2H3,(H,21,22);4H,1-3H3;1H. The summed E-state index contributed by atoms with van der Waals surface area (Å²) in [4.78, 5) is 24.1. The zero-order valence-electron chi connectivity index (χ0n) is 19.5. The van der Waals surface area contributed by atoms with Crippen molar-refractivity contribution in [2.24, 2.45) is 17.8 Å². The van der Waals surface area contributed by atoms with Gasteiger partial charge in [0.1, 0.15) is 5.78 Å². The molecule has 0 aromatic heterocycles. The molecule has 0 unspecified atom stereocenters. The molecule has 0 heterocycles. The number of rotatable bonds is 9. The number of hydrogen-bond acceptors (Lipinski definition) is 4. The SMILES string of the molecule is CC(C)C(=O)C1CCC(NC(=O)CCOCC2CCCCC2)CC1.COC(C)C.[HH]. The van der Waals surface area contributed by atoms with Crippen molar-refractivity contribution in [3.05, 3.63) is 0 Å². The first-order chi connectivity index (χ1) is 13.8. The Morgan fingerprint density at radius 1 is 0.966 bits per heavy atom. The summed E-state index contributed by atoms with van der Waals surface area (Å²) in [5.74, 6) is 1.52. The quantitative estimate of drug-likeness (QED) is 0.530. The van der Waals surface area contributed by atoms with Gasteiger partial charge in [0.05, 0.1) is 12.7 Å². The van der Waals surface area contributed by atoms with Gasteiger partial charge in [0, 0.05) is 39.4 Å². The number of ether oxygens (including phenoxy) is 2. The number of ketones is 1. The molecule has 0 radical (unpaired) electrons. The maximum atomic E-state index is 12.0. The van der Waals surface area contributed by atoms with E-state index in [1.165, 1.54) is 32.1 Å². The minimum Gasteiger partial charge on any atom is -0.382 e. The third-order valence-corrected chi connectivity index (χ3v) is 6.09. The van der Waals surface area contributed by atoms with Crippen molar-refractivity contribution in [2.45, 2.75) is 104 Å². The molecule has 172 valence electrons. The molecule has 5 nitrogen and oxygen atoms in total. The maximum absolute atomic E-state index is 12.0. The first-order valence-corrected chi connectivity index (χ1v) is 11.8. The van der Waals surface area contributed by atoms with E-state index in [1.807, 2.05) is 27.7 Å². The van der Waals surface area contributed by atoms with Crippen LogP contribution in [0.1, 0.15) is 93.3 Å². The molecule has 1 amide bonds. The van der Waals surface area contributed by atoms with E-state index in [-0.39, 0.29) is 25.2 Å². The van der Waals surface area contributed by atoms with Gasteiger partial charge in [-0.1, -0.05) is 33.1 Å². The summed E-state index contributed by atoms with van der Waals surface area (Å²) in [5, 5.41) is 3.12. The smallest absolute Gasteiger partial charge is 0.222 e. The number of methoxy groups -OCH3 is 1. The minimum atomic E-state index is 0. The summed E-state index contributed by atoms with van der Waals surface area (Å²) < 4.78 is 10.5. The third-order valence-electron chi connectivity index (χ3n) is 6.09. The Hall–Kier alpha value is -0.940. The van der Waals surface area contributed by atoms with Crippen LogP contribution in [-0.2, 0) is 19.1 Å². The first kappa shape index (κ1) is 26.1. The fourth-order valence-corrected chi connectivity index (χ4v) is 4.06. The summed E-state index contributed by atoms with van der Waals surface area (Å²) in [7, 11) is 1.70. The van der Waals surface area contributed by atoms with Crippen molar-refractivity contribution in [3.8, 4) is 0 Å². The van der Waals surface area contributed by atoms with E-state index in [0.29, 0.717) is 30.8 Å². The van der Waals surface area contributed by atoms with Gasteiger partial charge in [-0.25, -0.2) is 0 Å². The highest BCUT2D eigenvalue weighted by Crippen LogP contribution is 2.27. The van der Waals surface area contributed by atoms with E-state index in [0.717, 1.165) is 32.3 Å². The topological polar surface area (TPSA) is 64.6 Å². The Labute approximate surface area is 180 Å². The van der Waals surface area contributed by atoms with Crippen LogP contribution in [0, 0.1) is 17.8 Å². The average molecular weight is 414 g/mol. The lowest BCUT2D eigenvalue weighted by molar-refractivity contribution is -0.127. The second kappa shape index (κ2) is 15.0. The lowest BCUT2D eigenvalue weighted by Gasteiger charge is -2.29. The first-order valence-electron chi connectivity index (χ1n) is 11.8. The van der Waals surface area contributed by atoms with E-state index in [2.05, 4.69) is 5.32 Å². The molecule has 0 aliphatic heterocycles. The summed E-state index contributed by atoms with van der Waals surface area (Å²) in [6, 6.07) is 0.243. The molecule has 29 heavy (non-hydrogen) atoms. The van der Waals surface area contributed by atoms with Gasteiger partial charge in [0.25, 0.3) is 0 Å². The Kier molecular flexibility index (Phi) is 13.5. The van der Waals surface area contributed by atoms with E-state index in [1.54, 1.807) is 7.11 Å². The fraction of sp³-hybridized carbons (Fsp3) is 0.917. The van der Waals surface area contributed by atoms with E-state index < -0.39 is 0 Å². The van der Waals surface area contributed by atoms with E-state index >= 15 is 0 Å². The predicted octanol–water partition coefficient (Wildman–Crippen LogP) is 5.16. The van der Waals surface area contributed by atoms with Crippen molar-refractivity contribution in [3.63, 3.8) is 0 Å². The Morgan fingerprint density at radius 2 is 1.55 bits per heavy atom. The highest BCUT2D eigenvalue weighted by Gasteiger charge is 2.28. The van der Waals surface area contributed by atoms with Gasteiger partial charge in [-0.3, -0.25) is 9.59 Å². The zero-order chi connectivity index (χ0) is 21.6. The molecule has 0 aromatic rings. The van der Waals surface area contributed by atoms with Gasteiger partial charge >= 0.3 is 0 Å². The molecule has 0 spiro atoms. The van der Waals surface area contributed by atoms with Gasteiger partial charge in [0.2, 0.25) is 5.91 Å². The molecular weight excluding hydrogens is 366 g/mol. The van der Waals surface area contributed by atoms with Gasteiger partial charge in [-0.15, -0.1) is 0 Å². The normalized spacial score (nSPS) is 22.9. The summed E-state index contributed by atoms with van der Waals surface area (Å²) in [6.07, 6.45) is 11.1. The van der Waals surface area contributed by atoms with E-state index in [4.69, 9.17) is 9.47 Å². The molecule has 0 saturated heterocycles. The van der Waals surface area contributed by atoms with E-state index in [9.17, 15) is 9.59 Å². The molecule has 5 heteroatoms. The van der Waals surface area contributed by atoms with Crippen LogP contribution in [0.25, 0.3) is 0 Å². The molecule has 2 rings (SSSR count). The molecule has 2 aliphatic rings. The van der Waals surface area contributed by atoms with Crippen molar-refractivity contribution >= 4 is 11.7 Å². The molecule has 0 atom stereocenters. The number of carbonyl (C=O) groups is 2. The molecule has 1 N–H and O–H groups in total. The van der Waals surface area contributed by atoms with Crippen LogP contribution in [0.15, 0.2) is 0 Å². The number of amides is 1. The molecule has 2 aliphatic carbocycles. The second-order valence-corrected chi connectivity index (χ2v) is 9.29. The molecule has 2 fully saturated rings. The van der Waals surface area contributed by atoms with Gasteiger partial charge in [-0.05, 0) is 58.3 Å². The van der Waals surface area contributed by atoms with Crippen LogP contribution in [0.5, 0.6) is 0 Å². The van der Waals surface area contributed by atoms with Crippen LogP contribution < -0.4 is 5.32 Å². The number of carbonyl (C=O) groups excluding carboxylic acids is 2. The van der Waals surface area contributed by atoms with Crippen LogP contribution in [-0.4, -0.2) is 44.2 Å². The summed E-state index contributed by atoms with van der Waals surface area (Å²) in [6.45, 7) is 9.30. The molecule has 0 bridgehead atoms. The van der Waals surface area contributed by atoms with Crippen molar-refractivity contribution < 1.29 is 20.5 Å². The molecule has 0 aromatic carbocycles. The highest BCUT2D eigenvalue weighted by atomic mass is 16.5. The summed E-state index contributed by atoms with van der Waals surface area (Å²) >= 11 is 0. The highest BCUT2D eigenvalue weighted by molar-refractivity contribution is 5.83. The molecular formula is C24H47NO4. The van der Waals surface area contributed by atoms with Crippen LogP contribution in [0.4, 0.5) is 0 Å². The minimum absolute atomic E-state index is 0. The Morgan fingerprint density at radius 3 is 2.07 bits per heavy atom. The van der Waals surface area contributed by atoms with Crippen LogP contribution >= 0.6 is 0 Å². The van der Waals surface area contributed by atoms with Crippen molar-refractivity contribution in [2.75, 3.05) is 20.3 Å². The lowest BCUT2D eigenvalue weighted by atomic mass is 9.80. The average Bonchev–Trinajstić information content (AvgIpc) is 2.72.